The van der Waals surface area contributed by atoms with Crippen LogP contribution in [0.2, 0.25) is 0 Å². The van der Waals surface area contributed by atoms with Gasteiger partial charge in [-0.15, -0.1) is 11.3 Å². The molecular weight excluding hydrogens is 302 g/mol. The van der Waals surface area contributed by atoms with E-state index in [1.807, 2.05) is 6.07 Å². The number of rotatable bonds is 6. The number of hydrogen-bond donors (Lipinski definition) is 2. The van der Waals surface area contributed by atoms with Crippen LogP contribution in [0.15, 0.2) is 36.4 Å². The highest BCUT2D eigenvalue weighted by Gasteiger charge is 2.07. The molecule has 0 unspecified atom stereocenters. The number of non-ortho nitro benzene ring substituents is 1. The zero-order valence-electron chi connectivity index (χ0n) is 12.2. The second-order valence-corrected chi connectivity index (χ2v) is 5.94. The first-order valence-corrected chi connectivity index (χ1v) is 7.72. The number of nitrogens with one attached hydrogen (secondary N) is 2. The predicted molar refractivity (Wildman–Crippen MR) is 85.9 cm³/mol. The van der Waals surface area contributed by atoms with Crippen molar-refractivity contribution in [2.45, 2.75) is 26.4 Å². The summed E-state index contributed by atoms with van der Waals surface area (Å²) in [5.41, 5.74) is 0.708. The lowest BCUT2D eigenvalue weighted by Gasteiger charge is -2.06. The van der Waals surface area contributed by atoms with Crippen LogP contribution in [-0.4, -0.2) is 11.0 Å². The minimum atomic E-state index is -0.453. The number of aryl methyl sites for hydroxylation is 1. The molecule has 0 atom stereocenters. The van der Waals surface area contributed by atoms with Crippen molar-refractivity contribution in [2.24, 2.45) is 0 Å². The Labute approximate surface area is 132 Å². The third-order valence-corrected chi connectivity index (χ3v) is 4.29. The fourth-order valence-electron chi connectivity index (χ4n) is 1.90. The fourth-order valence-corrected chi connectivity index (χ4v) is 2.80. The molecule has 2 amide bonds. The molecule has 0 saturated carbocycles. The summed E-state index contributed by atoms with van der Waals surface area (Å²) < 4.78 is 0. The van der Waals surface area contributed by atoms with Crippen molar-refractivity contribution in [3.05, 3.63) is 61.8 Å². The van der Waals surface area contributed by atoms with Crippen molar-refractivity contribution in [1.82, 2.24) is 10.6 Å². The monoisotopic (exact) mass is 319 g/mol. The molecule has 2 rings (SSSR count). The zero-order valence-corrected chi connectivity index (χ0v) is 13.0. The standard InChI is InChI=1S/C15H17N3O3S/c1-2-13-6-7-14(22-13)10-17-15(19)16-9-11-4-3-5-12(8-11)18(20)21/h3-8H,2,9-10H2,1H3,(H2,16,17,19). The van der Waals surface area contributed by atoms with E-state index in [1.54, 1.807) is 23.5 Å². The largest absolute Gasteiger partial charge is 0.334 e. The summed E-state index contributed by atoms with van der Waals surface area (Å²) in [4.78, 5) is 24.4. The molecule has 2 aromatic rings. The van der Waals surface area contributed by atoms with Crippen LogP contribution >= 0.6 is 11.3 Å². The topological polar surface area (TPSA) is 84.3 Å². The van der Waals surface area contributed by atoms with Gasteiger partial charge in [0.2, 0.25) is 0 Å². The van der Waals surface area contributed by atoms with Gasteiger partial charge in [0.05, 0.1) is 11.5 Å². The number of nitro benzene ring substituents is 1. The molecule has 1 aromatic heterocycles. The maximum atomic E-state index is 11.7. The van der Waals surface area contributed by atoms with E-state index >= 15 is 0 Å². The Morgan fingerprint density at radius 2 is 1.91 bits per heavy atom. The van der Waals surface area contributed by atoms with Crippen LogP contribution < -0.4 is 10.6 Å². The number of nitro groups is 1. The van der Waals surface area contributed by atoms with E-state index in [-0.39, 0.29) is 18.3 Å². The van der Waals surface area contributed by atoms with Gasteiger partial charge in [0.15, 0.2) is 0 Å². The van der Waals surface area contributed by atoms with Crippen LogP contribution in [0.4, 0.5) is 10.5 Å². The van der Waals surface area contributed by atoms with Gasteiger partial charge in [-0.1, -0.05) is 19.1 Å². The SMILES string of the molecule is CCc1ccc(CNC(=O)NCc2cccc([N+](=O)[O-])c2)s1. The van der Waals surface area contributed by atoms with Gasteiger partial charge in [-0.3, -0.25) is 10.1 Å². The number of hydrogen-bond acceptors (Lipinski definition) is 4. The first kappa shape index (κ1) is 16.0. The number of urea groups is 1. The Morgan fingerprint density at radius 3 is 2.59 bits per heavy atom. The smallest absolute Gasteiger partial charge is 0.315 e. The van der Waals surface area contributed by atoms with Crippen molar-refractivity contribution in [2.75, 3.05) is 0 Å². The van der Waals surface area contributed by atoms with Crippen molar-refractivity contribution in [3.8, 4) is 0 Å². The van der Waals surface area contributed by atoms with Gasteiger partial charge < -0.3 is 10.6 Å². The number of amides is 2. The summed E-state index contributed by atoms with van der Waals surface area (Å²) in [6, 6.07) is 9.98. The lowest BCUT2D eigenvalue weighted by molar-refractivity contribution is -0.384. The number of benzene rings is 1. The molecule has 1 aromatic carbocycles. The molecule has 0 saturated heterocycles. The molecule has 6 nitrogen and oxygen atoms in total. The molecule has 0 bridgehead atoms. The minimum absolute atomic E-state index is 0.0189. The van der Waals surface area contributed by atoms with Crippen LogP contribution in [-0.2, 0) is 19.5 Å². The second kappa shape index (κ2) is 7.56. The highest BCUT2D eigenvalue weighted by atomic mass is 32.1. The molecule has 0 radical (unpaired) electrons. The van der Waals surface area contributed by atoms with Crippen LogP contribution in [0, 0.1) is 10.1 Å². The first-order chi connectivity index (χ1) is 10.6. The molecule has 0 spiro atoms. The highest BCUT2D eigenvalue weighted by molar-refractivity contribution is 7.11. The molecule has 0 aliphatic heterocycles. The van der Waals surface area contributed by atoms with E-state index in [2.05, 4.69) is 23.6 Å². The average Bonchev–Trinajstić information content (AvgIpc) is 2.99. The van der Waals surface area contributed by atoms with Gasteiger partial charge in [0.25, 0.3) is 5.69 Å². The Bertz CT molecular complexity index is 670. The lowest BCUT2D eigenvalue weighted by Crippen LogP contribution is -2.34. The number of carbonyl (C=O) groups excluding carboxylic acids is 1. The van der Waals surface area contributed by atoms with E-state index in [9.17, 15) is 14.9 Å². The maximum Gasteiger partial charge on any atom is 0.315 e. The van der Waals surface area contributed by atoms with Crippen molar-refractivity contribution in [3.63, 3.8) is 0 Å². The van der Waals surface area contributed by atoms with Gasteiger partial charge in [0, 0.05) is 28.4 Å². The van der Waals surface area contributed by atoms with Gasteiger partial charge in [-0.05, 0) is 24.1 Å². The molecule has 2 N–H and O–H groups in total. The number of thiophene rings is 1. The third kappa shape index (κ3) is 4.56. The van der Waals surface area contributed by atoms with E-state index in [0.717, 1.165) is 11.3 Å². The highest BCUT2D eigenvalue weighted by Crippen LogP contribution is 2.16. The Kier molecular flexibility index (Phi) is 5.48. The molecule has 0 aliphatic carbocycles. The minimum Gasteiger partial charge on any atom is -0.334 e. The summed E-state index contributed by atoms with van der Waals surface area (Å²) in [6.07, 6.45) is 0.990. The van der Waals surface area contributed by atoms with Crippen molar-refractivity contribution >= 4 is 23.1 Å². The van der Waals surface area contributed by atoms with E-state index < -0.39 is 4.92 Å². The van der Waals surface area contributed by atoms with Crippen molar-refractivity contribution in [1.29, 1.82) is 0 Å². The molecule has 22 heavy (non-hydrogen) atoms. The Balaban J connectivity index is 1.80. The van der Waals surface area contributed by atoms with Crippen LogP contribution in [0.5, 0.6) is 0 Å². The number of nitrogens with zero attached hydrogens (tertiary/aromatic N) is 1. The Morgan fingerprint density at radius 1 is 1.18 bits per heavy atom. The van der Waals surface area contributed by atoms with Crippen LogP contribution in [0.1, 0.15) is 22.2 Å². The van der Waals surface area contributed by atoms with E-state index in [0.29, 0.717) is 12.1 Å². The molecular formula is C15H17N3O3S. The second-order valence-electron chi connectivity index (χ2n) is 4.68. The maximum absolute atomic E-state index is 11.7. The fraction of sp³-hybridized carbons (Fsp3) is 0.267. The van der Waals surface area contributed by atoms with E-state index in [4.69, 9.17) is 0 Å². The van der Waals surface area contributed by atoms with Crippen molar-refractivity contribution < 1.29 is 9.72 Å². The summed E-state index contributed by atoms with van der Waals surface area (Å²) in [6.45, 7) is 2.82. The Hall–Kier alpha value is -2.41. The predicted octanol–water partition coefficient (Wildman–Crippen LogP) is 3.22. The molecule has 1 heterocycles. The van der Waals surface area contributed by atoms with Gasteiger partial charge >= 0.3 is 6.03 Å². The summed E-state index contributed by atoms with van der Waals surface area (Å²) >= 11 is 1.68. The molecule has 0 fully saturated rings. The average molecular weight is 319 g/mol. The lowest BCUT2D eigenvalue weighted by atomic mass is 10.2. The molecule has 116 valence electrons. The summed E-state index contributed by atoms with van der Waals surface area (Å²) in [7, 11) is 0. The summed E-state index contributed by atoms with van der Waals surface area (Å²) in [5, 5.41) is 16.1. The molecule has 0 aliphatic rings. The first-order valence-electron chi connectivity index (χ1n) is 6.91. The zero-order chi connectivity index (χ0) is 15.9. The third-order valence-electron chi connectivity index (χ3n) is 3.06. The van der Waals surface area contributed by atoms with Gasteiger partial charge in [-0.2, -0.15) is 0 Å². The quantitative estimate of drug-likeness (QED) is 0.633. The normalized spacial score (nSPS) is 10.2. The van der Waals surface area contributed by atoms with E-state index in [1.165, 1.54) is 17.0 Å². The molecule has 7 heteroatoms. The van der Waals surface area contributed by atoms with Gasteiger partial charge in [-0.25, -0.2) is 4.79 Å². The van der Waals surface area contributed by atoms with Crippen LogP contribution in [0.3, 0.4) is 0 Å². The number of carbonyl (C=O) groups is 1. The van der Waals surface area contributed by atoms with Crippen LogP contribution in [0.25, 0.3) is 0 Å². The van der Waals surface area contributed by atoms with Gasteiger partial charge in [0.1, 0.15) is 0 Å². The summed E-state index contributed by atoms with van der Waals surface area (Å²) in [5.74, 6) is 0.